The lowest BCUT2D eigenvalue weighted by molar-refractivity contribution is -0.144. The Morgan fingerprint density at radius 3 is 2.40 bits per heavy atom. The second-order valence-corrected chi connectivity index (χ2v) is 7.84. The fourth-order valence-electron chi connectivity index (χ4n) is 2.85. The van der Waals surface area contributed by atoms with Gasteiger partial charge in [0.25, 0.3) is 5.91 Å². The topological polar surface area (TPSA) is 58.6 Å². The van der Waals surface area contributed by atoms with Gasteiger partial charge in [0.05, 0.1) is 5.75 Å². The van der Waals surface area contributed by atoms with E-state index in [0.717, 1.165) is 52.6 Å². The second kappa shape index (κ2) is 9.20. The van der Waals surface area contributed by atoms with Crippen LogP contribution < -0.4 is 5.32 Å². The smallest absolute Gasteiger partial charge is 0.316 e. The number of benzene rings is 1. The largest absolute Gasteiger partial charge is 0.455 e. The Bertz CT molecular complexity index is 647. The van der Waals surface area contributed by atoms with Gasteiger partial charge in [0.15, 0.2) is 6.61 Å². The second-order valence-electron chi connectivity index (χ2n) is 6.23. The minimum atomic E-state index is -0.431. The maximum Gasteiger partial charge on any atom is 0.316 e. The molecule has 1 heterocycles. The van der Waals surface area contributed by atoms with Crippen LogP contribution >= 0.6 is 24.0 Å². The van der Waals surface area contributed by atoms with Crippen molar-refractivity contribution in [3.8, 4) is 0 Å². The van der Waals surface area contributed by atoms with E-state index in [-0.39, 0.29) is 18.3 Å². The summed E-state index contributed by atoms with van der Waals surface area (Å²) in [7, 11) is 0. The van der Waals surface area contributed by atoms with Crippen molar-refractivity contribution in [3.05, 3.63) is 28.8 Å². The molecule has 0 spiro atoms. The number of likely N-dealkylation sites (tertiary alicyclic amines) is 1. The van der Waals surface area contributed by atoms with E-state index in [1.54, 1.807) is 0 Å². The molecule has 0 saturated carbocycles. The van der Waals surface area contributed by atoms with E-state index in [0.29, 0.717) is 0 Å². The Balaban J connectivity index is 1.74. The molecule has 7 heteroatoms. The number of nitrogens with one attached hydrogen (secondary N) is 1. The van der Waals surface area contributed by atoms with Gasteiger partial charge < -0.3 is 15.0 Å². The fraction of sp³-hybridized carbons (Fsp3) is 0.500. The summed E-state index contributed by atoms with van der Waals surface area (Å²) in [5.41, 5.74) is 3.90. The van der Waals surface area contributed by atoms with Crippen LogP contribution in [0.3, 0.4) is 0 Å². The fourth-order valence-corrected chi connectivity index (χ4v) is 3.90. The SMILES string of the molecule is Cc1cc(C)c(NC(=O)COC(=O)CSC(=S)N2CCCC2)c(C)c1. The molecule has 1 amide bonds. The predicted molar refractivity (Wildman–Crippen MR) is 106 cm³/mol. The van der Waals surface area contributed by atoms with Crippen LogP contribution in [0.1, 0.15) is 29.5 Å². The molecule has 0 radical (unpaired) electrons. The van der Waals surface area contributed by atoms with Crippen LogP contribution in [0.25, 0.3) is 0 Å². The average Bonchev–Trinajstić information content (AvgIpc) is 3.08. The zero-order valence-corrected chi connectivity index (χ0v) is 16.5. The zero-order chi connectivity index (χ0) is 18.4. The molecule has 0 unspecified atom stereocenters. The molecule has 0 bridgehead atoms. The van der Waals surface area contributed by atoms with Crippen LogP contribution in [0.4, 0.5) is 5.69 Å². The van der Waals surface area contributed by atoms with Gasteiger partial charge in [-0.15, -0.1) is 0 Å². The molecule has 0 aliphatic carbocycles. The average molecular weight is 381 g/mol. The molecule has 1 aliphatic heterocycles. The van der Waals surface area contributed by atoms with E-state index >= 15 is 0 Å². The molecule has 5 nitrogen and oxygen atoms in total. The van der Waals surface area contributed by atoms with E-state index < -0.39 is 5.97 Å². The number of carbonyl (C=O) groups is 2. The van der Waals surface area contributed by atoms with Gasteiger partial charge in [-0.25, -0.2) is 0 Å². The Kier molecular flexibility index (Phi) is 7.25. The molecule has 0 aromatic heterocycles. The van der Waals surface area contributed by atoms with Crippen molar-refractivity contribution in [2.24, 2.45) is 0 Å². The van der Waals surface area contributed by atoms with Crippen molar-refractivity contribution in [1.82, 2.24) is 4.90 Å². The lowest BCUT2D eigenvalue weighted by Gasteiger charge is -2.17. The number of rotatable bonds is 5. The van der Waals surface area contributed by atoms with Gasteiger partial charge >= 0.3 is 5.97 Å². The number of anilines is 1. The first kappa shape index (κ1) is 19.7. The number of nitrogens with zero attached hydrogens (tertiary/aromatic N) is 1. The Labute approximate surface area is 158 Å². The van der Waals surface area contributed by atoms with Gasteiger partial charge in [-0.3, -0.25) is 9.59 Å². The number of hydrogen-bond acceptors (Lipinski definition) is 5. The lowest BCUT2D eigenvalue weighted by Crippen LogP contribution is -2.26. The summed E-state index contributed by atoms with van der Waals surface area (Å²) < 4.78 is 5.77. The number of thiocarbonyl (C=S) groups is 1. The summed E-state index contributed by atoms with van der Waals surface area (Å²) >= 11 is 6.59. The summed E-state index contributed by atoms with van der Waals surface area (Å²) in [6.45, 7) is 7.52. The molecular formula is C18H24N2O3S2. The molecule has 1 aliphatic rings. The molecule has 1 N–H and O–H groups in total. The maximum absolute atomic E-state index is 12.0. The molecule has 25 heavy (non-hydrogen) atoms. The summed E-state index contributed by atoms with van der Waals surface area (Å²) in [6.07, 6.45) is 2.28. The van der Waals surface area contributed by atoms with Crippen LogP contribution in [-0.4, -0.2) is 46.5 Å². The van der Waals surface area contributed by atoms with E-state index in [9.17, 15) is 9.59 Å². The van der Waals surface area contributed by atoms with Gasteiger partial charge in [0.2, 0.25) is 0 Å². The zero-order valence-electron chi connectivity index (χ0n) is 14.9. The molecular weight excluding hydrogens is 356 g/mol. The minimum absolute atomic E-state index is 0.130. The first-order chi connectivity index (χ1) is 11.9. The van der Waals surface area contributed by atoms with Crippen molar-refractivity contribution >= 4 is 45.9 Å². The minimum Gasteiger partial charge on any atom is -0.455 e. The monoisotopic (exact) mass is 380 g/mol. The van der Waals surface area contributed by atoms with Crippen LogP contribution in [0.5, 0.6) is 0 Å². The van der Waals surface area contributed by atoms with Gasteiger partial charge in [-0.2, -0.15) is 0 Å². The Morgan fingerprint density at radius 1 is 1.20 bits per heavy atom. The van der Waals surface area contributed by atoms with Crippen LogP contribution in [0.2, 0.25) is 0 Å². The summed E-state index contributed by atoms with van der Waals surface area (Å²) in [5, 5.41) is 2.81. The van der Waals surface area contributed by atoms with E-state index in [1.165, 1.54) is 11.8 Å². The van der Waals surface area contributed by atoms with Crippen LogP contribution in [0.15, 0.2) is 12.1 Å². The maximum atomic E-state index is 12.0. The van der Waals surface area contributed by atoms with Gasteiger partial charge in [0, 0.05) is 18.8 Å². The highest BCUT2D eigenvalue weighted by atomic mass is 32.2. The quantitative estimate of drug-likeness (QED) is 0.625. The number of thioether (sulfide) groups is 1. The number of carbonyl (C=O) groups excluding carboxylic acids is 2. The Hall–Kier alpha value is -1.60. The van der Waals surface area contributed by atoms with E-state index in [1.807, 2.05) is 32.9 Å². The molecule has 136 valence electrons. The molecule has 1 aromatic rings. The third kappa shape index (κ3) is 6.01. The summed E-state index contributed by atoms with van der Waals surface area (Å²) in [5.74, 6) is -0.639. The highest BCUT2D eigenvalue weighted by molar-refractivity contribution is 8.23. The normalized spacial score (nSPS) is 13.6. The number of aryl methyl sites for hydroxylation is 3. The predicted octanol–water partition coefficient (Wildman–Crippen LogP) is 3.21. The van der Waals surface area contributed by atoms with Crippen LogP contribution in [-0.2, 0) is 14.3 Å². The van der Waals surface area contributed by atoms with E-state index in [2.05, 4.69) is 10.2 Å². The number of esters is 1. The first-order valence-corrected chi connectivity index (χ1v) is 9.71. The summed E-state index contributed by atoms with van der Waals surface area (Å²) in [4.78, 5) is 25.9. The first-order valence-electron chi connectivity index (χ1n) is 8.32. The Morgan fingerprint density at radius 2 is 1.80 bits per heavy atom. The highest BCUT2D eigenvalue weighted by Gasteiger charge is 2.17. The molecule has 1 fully saturated rings. The van der Waals surface area contributed by atoms with Gasteiger partial charge in [-0.1, -0.05) is 41.7 Å². The number of hydrogen-bond donors (Lipinski definition) is 1. The highest BCUT2D eigenvalue weighted by Crippen LogP contribution is 2.21. The van der Waals surface area contributed by atoms with Crippen molar-refractivity contribution in [3.63, 3.8) is 0 Å². The van der Waals surface area contributed by atoms with Gasteiger partial charge in [-0.05, 0) is 44.7 Å². The third-order valence-corrected chi connectivity index (χ3v) is 5.48. The molecule has 1 saturated heterocycles. The van der Waals surface area contributed by atoms with Gasteiger partial charge in [0.1, 0.15) is 4.32 Å². The van der Waals surface area contributed by atoms with Crippen molar-refractivity contribution < 1.29 is 14.3 Å². The summed E-state index contributed by atoms with van der Waals surface area (Å²) in [6, 6.07) is 4.01. The lowest BCUT2D eigenvalue weighted by atomic mass is 10.1. The number of amides is 1. The molecule has 2 rings (SSSR count). The third-order valence-electron chi connectivity index (χ3n) is 3.98. The van der Waals surface area contributed by atoms with Crippen molar-refractivity contribution in [1.29, 1.82) is 0 Å². The van der Waals surface area contributed by atoms with Crippen molar-refractivity contribution in [2.75, 3.05) is 30.8 Å². The molecule has 1 aromatic carbocycles. The van der Waals surface area contributed by atoms with Crippen molar-refractivity contribution in [2.45, 2.75) is 33.6 Å². The number of ether oxygens (including phenoxy) is 1. The van der Waals surface area contributed by atoms with Crippen LogP contribution in [0, 0.1) is 20.8 Å². The standard InChI is InChI=1S/C18H24N2O3S2/c1-12-8-13(2)17(14(3)9-12)19-15(21)10-23-16(22)11-25-18(24)20-6-4-5-7-20/h8-9H,4-7,10-11H2,1-3H3,(H,19,21). The molecule has 0 atom stereocenters. The van der Waals surface area contributed by atoms with E-state index in [4.69, 9.17) is 17.0 Å².